The zero-order chi connectivity index (χ0) is 20.9. The minimum atomic E-state index is -4.10. The predicted octanol–water partition coefficient (Wildman–Crippen LogP) is 6.27. The van der Waals surface area contributed by atoms with E-state index < -0.39 is 12.5 Å². The minimum absolute atomic E-state index is 0.0518. The molecule has 0 heterocycles. The third-order valence-corrected chi connectivity index (χ3v) is 6.51. The van der Waals surface area contributed by atoms with E-state index in [1.807, 2.05) is 54.6 Å². The zero-order valence-corrected chi connectivity index (χ0v) is 17.7. The van der Waals surface area contributed by atoms with Crippen LogP contribution in [0.15, 0.2) is 60.8 Å². The van der Waals surface area contributed by atoms with Crippen LogP contribution in [0, 0.1) is 10.1 Å². The zero-order valence-electron chi connectivity index (χ0n) is 15.3. The summed E-state index contributed by atoms with van der Waals surface area (Å²) in [6.07, 6.45) is 0.692. The van der Waals surface area contributed by atoms with Gasteiger partial charge in [0.2, 0.25) is 0 Å². The highest BCUT2D eigenvalue weighted by Crippen LogP contribution is 2.62. The number of benzene rings is 3. The number of halogens is 2. The molecule has 0 fully saturated rings. The third-order valence-electron chi connectivity index (χ3n) is 4.23. The van der Waals surface area contributed by atoms with Crippen molar-refractivity contribution in [2.45, 2.75) is 0 Å². The van der Waals surface area contributed by atoms with Crippen LogP contribution in [0.4, 0.5) is 0 Å². The van der Waals surface area contributed by atoms with Gasteiger partial charge in [0.15, 0.2) is 0 Å². The third kappa shape index (κ3) is 4.80. The Kier molecular flexibility index (Phi) is 7.28. The lowest BCUT2D eigenvalue weighted by Crippen LogP contribution is -2.05. The predicted molar refractivity (Wildman–Crippen MR) is 117 cm³/mol. The Hall–Kier alpha value is -1.95. The normalized spacial score (nSPS) is 12.6. The molecular weight excluding hydrogens is 436 g/mol. The van der Waals surface area contributed by atoms with E-state index in [-0.39, 0.29) is 30.3 Å². The maximum atomic E-state index is 13.7. The second-order valence-electron chi connectivity index (χ2n) is 6.04. The first-order chi connectivity index (χ1) is 14.0. The molecule has 0 bridgehead atoms. The standard InChI is InChI=1S/C20H18Cl2NO5P/c21-9-11-27-29(26,28-12-10-22)19(14-23(24)25)20-17-7-3-1-5-15(17)13-16-6-2-4-8-18(16)20/h1-8,13-14H,9-12H2. The second kappa shape index (κ2) is 9.70. The van der Waals surface area contributed by atoms with Gasteiger partial charge in [0.25, 0.3) is 6.20 Å². The van der Waals surface area contributed by atoms with Gasteiger partial charge >= 0.3 is 7.60 Å². The molecule has 0 spiro atoms. The topological polar surface area (TPSA) is 78.7 Å². The van der Waals surface area contributed by atoms with E-state index in [1.165, 1.54) is 0 Å². The van der Waals surface area contributed by atoms with Crippen molar-refractivity contribution in [3.8, 4) is 0 Å². The molecule has 0 radical (unpaired) electrons. The summed E-state index contributed by atoms with van der Waals surface area (Å²) in [6, 6.07) is 16.7. The molecule has 0 aromatic heterocycles. The lowest BCUT2D eigenvalue weighted by atomic mass is 9.96. The maximum absolute atomic E-state index is 13.7. The van der Waals surface area contributed by atoms with Gasteiger partial charge in [0.05, 0.1) is 18.1 Å². The number of nitrogens with zero attached hydrogens (tertiary/aromatic N) is 1. The molecule has 3 rings (SSSR count). The van der Waals surface area contributed by atoms with Crippen LogP contribution < -0.4 is 0 Å². The van der Waals surface area contributed by atoms with Crippen molar-refractivity contribution >= 4 is 57.7 Å². The van der Waals surface area contributed by atoms with Crippen molar-refractivity contribution in [3.05, 3.63) is 76.5 Å². The molecule has 0 aliphatic carbocycles. The molecule has 0 atom stereocenters. The maximum Gasteiger partial charge on any atom is 0.368 e. The van der Waals surface area contributed by atoms with Gasteiger partial charge in [-0.25, -0.2) is 0 Å². The molecule has 0 aliphatic rings. The van der Waals surface area contributed by atoms with Crippen molar-refractivity contribution in [1.29, 1.82) is 0 Å². The smallest absolute Gasteiger partial charge is 0.304 e. The van der Waals surface area contributed by atoms with Crippen LogP contribution in [0.25, 0.3) is 26.9 Å². The molecule has 29 heavy (non-hydrogen) atoms. The average Bonchev–Trinajstić information content (AvgIpc) is 2.73. The van der Waals surface area contributed by atoms with Crippen LogP contribution in [0.1, 0.15) is 5.56 Å². The number of hydrogen-bond acceptors (Lipinski definition) is 5. The monoisotopic (exact) mass is 453 g/mol. The molecule has 9 heteroatoms. The first kappa shape index (κ1) is 21.8. The average molecular weight is 454 g/mol. The Morgan fingerprint density at radius 3 is 1.90 bits per heavy atom. The van der Waals surface area contributed by atoms with Gasteiger partial charge < -0.3 is 9.05 Å². The molecule has 0 saturated carbocycles. The van der Waals surface area contributed by atoms with E-state index in [0.717, 1.165) is 10.8 Å². The highest BCUT2D eigenvalue weighted by molar-refractivity contribution is 7.65. The van der Waals surface area contributed by atoms with Crippen LogP contribution in [0.5, 0.6) is 0 Å². The number of rotatable bonds is 9. The lowest BCUT2D eigenvalue weighted by Gasteiger charge is -2.21. The van der Waals surface area contributed by atoms with E-state index >= 15 is 0 Å². The van der Waals surface area contributed by atoms with Crippen molar-refractivity contribution < 1.29 is 18.5 Å². The Balaban J connectivity index is 2.38. The molecule has 0 amide bonds. The van der Waals surface area contributed by atoms with Gasteiger partial charge in [-0.1, -0.05) is 48.5 Å². The molecule has 0 N–H and O–H groups in total. The van der Waals surface area contributed by atoms with Crippen LogP contribution in [0.2, 0.25) is 0 Å². The molecule has 152 valence electrons. The highest BCUT2D eigenvalue weighted by atomic mass is 35.5. The highest BCUT2D eigenvalue weighted by Gasteiger charge is 2.36. The first-order valence-corrected chi connectivity index (χ1v) is 11.4. The summed E-state index contributed by atoms with van der Waals surface area (Å²) in [5.74, 6) is 0.104. The van der Waals surface area contributed by atoms with Gasteiger partial charge in [-0.15, -0.1) is 23.2 Å². The van der Waals surface area contributed by atoms with Gasteiger partial charge in [0, 0.05) is 17.3 Å². The molecule has 0 aliphatic heterocycles. The van der Waals surface area contributed by atoms with Crippen LogP contribution in [-0.2, 0) is 13.6 Å². The quantitative estimate of drug-likeness (QED) is 0.125. The van der Waals surface area contributed by atoms with Crippen molar-refractivity contribution in [1.82, 2.24) is 0 Å². The van der Waals surface area contributed by atoms with E-state index in [9.17, 15) is 14.7 Å². The Morgan fingerprint density at radius 2 is 1.45 bits per heavy atom. The fourth-order valence-electron chi connectivity index (χ4n) is 3.15. The number of nitro groups is 1. The summed E-state index contributed by atoms with van der Waals surface area (Å²) >= 11 is 11.4. The summed E-state index contributed by atoms with van der Waals surface area (Å²) in [6.45, 7) is -0.197. The summed E-state index contributed by atoms with van der Waals surface area (Å²) in [7, 11) is -4.10. The first-order valence-electron chi connectivity index (χ1n) is 8.78. The summed E-state index contributed by atoms with van der Waals surface area (Å²) in [5, 5.41) is 14.4. The van der Waals surface area contributed by atoms with E-state index in [2.05, 4.69) is 0 Å². The Labute approximate surface area is 177 Å². The second-order valence-corrected chi connectivity index (χ2v) is 8.78. The summed E-state index contributed by atoms with van der Waals surface area (Å²) < 4.78 is 24.7. The van der Waals surface area contributed by atoms with Gasteiger partial charge in [-0.2, -0.15) is 0 Å². The van der Waals surface area contributed by atoms with Gasteiger partial charge in [-0.05, 0) is 27.6 Å². The van der Waals surface area contributed by atoms with E-state index in [1.54, 1.807) is 0 Å². The summed E-state index contributed by atoms with van der Waals surface area (Å²) in [4.78, 5) is 10.8. The van der Waals surface area contributed by atoms with Crippen molar-refractivity contribution in [2.75, 3.05) is 25.0 Å². The Morgan fingerprint density at radius 1 is 0.966 bits per heavy atom. The van der Waals surface area contributed by atoms with Crippen LogP contribution in [-0.4, -0.2) is 29.9 Å². The van der Waals surface area contributed by atoms with E-state index in [0.29, 0.717) is 22.5 Å². The van der Waals surface area contributed by atoms with E-state index in [4.69, 9.17) is 32.2 Å². The number of fused-ring (bicyclic) bond motifs is 2. The molecule has 6 nitrogen and oxygen atoms in total. The largest absolute Gasteiger partial charge is 0.368 e. The van der Waals surface area contributed by atoms with Crippen LogP contribution >= 0.6 is 30.8 Å². The SMILES string of the molecule is O=[N+]([O-])C=C(c1c2ccccc2cc2ccccc12)P(=O)(OCCCl)OCCCl. The van der Waals surface area contributed by atoms with Crippen LogP contribution in [0.3, 0.4) is 0 Å². The fourth-order valence-corrected chi connectivity index (χ4v) is 5.28. The Bertz CT molecular complexity index is 1050. The molecule has 0 saturated heterocycles. The molecule has 3 aromatic carbocycles. The van der Waals surface area contributed by atoms with Crippen molar-refractivity contribution in [2.24, 2.45) is 0 Å². The van der Waals surface area contributed by atoms with Gasteiger partial charge in [-0.3, -0.25) is 14.7 Å². The van der Waals surface area contributed by atoms with Gasteiger partial charge in [0.1, 0.15) is 5.31 Å². The minimum Gasteiger partial charge on any atom is -0.304 e. The fraction of sp³-hybridized carbons (Fsp3) is 0.200. The lowest BCUT2D eigenvalue weighted by molar-refractivity contribution is -0.401. The molecule has 3 aromatic rings. The number of hydrogen-bond donors (Lipinski definition) is 0. The molecular formula is C20H18Cl2NO5P. The summed E-state index contributed by atoms with van der Waals surface area (Å²) in [5.41, 5.74) is 0.433. The number of alkyl halides is 2. The molecule has 0 unspecified atom stereocenters. The van der Waals surface area contributed by atoms with Crippen molar-refractivity contribution in [3.63, 3.8) is 0 Å².